The Morgan fingerprint density at radius 2 is 1.88 bits per heavy atom. The molecule has 0 atom stereocenters. The summed E-state index contributed by atoms with van der Waals surface area (Å²) in [6.07, 6.45) is 6.11. The van der Waals surface area contributed by atoms with Crippen molar-refractivity contribution in [3.63, 3.8) is 0 Å². The van der Waals surface area contributed by atoms with Crippen LogP contribution in [0.3, 0.4) is 0 Å². The van der Waals surface area contributed by atoms with E-state index in [9.17, 15) is 14.9 Å². The second-order valence-corrected chi connectivity index (χ2v) is 6.82. The van der Waals surface area contributed by atoms with Crippen LogP contribution in [0.5, 0.6) is 0 Å². The van der Waals surface area contributed by atoms with Gasteiger partial charge in [-0.1, -0.05) is 31.4 Å². The van der Waals surface area contributed by atoms with Crippen molar-refractivity contribution in [1.82, 2.24) is 10.2 Å². The average Bonchev–Trinajstić information content (AvgIpc) is 3.01. The van der Waals surface area contributed by atoms with E-state index < -0.39 is 5.54 Å². The van der Waals surface area contributed by atoms with E-state index in [-0.39, 0.29) is 11.8 Å². The fourth-order valence-corrected chi connectivity index (χ4v) is 3.56. The summed E-state index contributed by atoms with van der Waals surface area (Å²) in [5, 5.41) is 12.4. The van der Waals surface area contributed by atoms with Crippen LogP contribution in [0.1, 0.15) is 60.9 Å². The van der Waals surface area contributed by atoms with Crippen molar-refractivity contribution in [2.75, 3.05) is 6.54 Å². The Morgan fingerprint density at radius 1 is 1.17 bits per heavy atom. The van der Waals surface area contributed by atoms with Gasteiger partial charge in [0.1, 0.15) is 5.54 Å². The highest BCUT2D eigenvalue weighted by Crippen LogP contribution is 2.28. The zero-order chi connectivity index (χ0) is 17.0. The monoisotopic (exact) mass is 325 g/mol. The van der Waals surface area contributed by atoms with Crippen LogP contribution in [0, 0.1) is 11.3 Å². The standard InChI is InChI=1S/C19H23N3O2/c20-14-19(10-2-1-3-11-19)21-18(24)16-8-6-15(7-9-16)13-22-12-4-5-17(22)23/h6-9H,1-5,10-13H2,(H,21,24). The Balaban J connectivity index is 1.63. The molecule has 2 aliphatic rings. The van der Waals surface area contributed by atoms with Crippen LogP contribution in [-0.4, -0.2) is 28.8 Å². The topological polar surface area (TPSA) is 73.2 Å². The molecular formula is C19H23N3O2. The van der Waals surface area contributed by atoms with Crippen molar-refractivity contribution in [3.8, 4) is 6.07 Å². The van der Waals surface area contributed by atoms with Gasteiger partial charge < -0.3 is 10.2 Å². The molecule has 3 rings (SSSR count). The fraction of sp³-hybridized carbons (Fsp3) is 0.526. The van der Waals surface area contributed by atoms with Crippen LogP contribution in [0.25, 0.3) is 0 Å². The Kier molecular flexibility index (Phi) is 4.84. The third-order valence-corrected chi connectivity index (χ3v) is 5.03. The van der Waals surface area contributed by atoms with E-state index in [1.54, 1.807) is 12.1 Å². The molecule has 1 heterocycles. The van der Waals surface area contributed by atoms with Gasteiger partial charge in [-0.2, -0.15) is 5.26 Å². The minimum Gasteiger partial charge on any atom is -0.338 e. The van der Waals surface area contributed by atoms with Gasteiger partial charge in [0.25, 0.3) is 5.91 Å². The minimum absolute atomic E-state index is 0.192. The second kappa shape index (κ2) is 7.04. The number of carbonyl (C=O) groups is 2. The number of benzene rings is 1. The molecule has 5 nitrogen and oxygen atoms in total. The quantitative estimate of drug-likeness (QED) is 0.925. The molecule has 1 aromatic rings. The molecule has 1 N–H and O–H groups in total. The predicted octanol–water partition coefficient (Wildman–Crippen LogP) is 2.77. The highest BCUT2D eigenvalue weighted by molar-refractivity contribution is 5.95. The van der Waals surface area contributed by atoms with E-state index in [2.05, 4.69) is 11.4 Å². The van der Waals surface area contributed by atoms with Crippen LogP contribution in [0.2, 0.25) is 0 Å². The summed E-state index contributed by atoms with van der Waals surface area (Å²) >= 11 is 0. The smallest absolute Gasteiger partial charge is 0.252 e. The lowest BCUT2D eigenvalue weighted by Crippen LogP contribution is -2.48. The van der Waals surface area contributed by atoms with Crippen molar-refractivity contribution >= 4 is 11.8 Å². The highest BCUT2D eigenvalue weighted by Gasteiger charge is 2.33. The summed E-state index contributed by atoms with van der Waals surface area (Å²) in [5.41, 5.74) is 0.872. The number of nitrogens with one attached hydrogen (secondary N) is 1. The minimum atomic E-state index is -0.712. The van der Waals surface area contributed by atoms with Crippen molar-refractivity contribution in [3.05, 3.63) is 35.4 Å². The van der Waals surface area contributed by atoms with Crippen molar-refractivity contribution in [2.45, 2.75) is 57.0 Å². The lowest BCUT2D eigenvalue weighted by Gasteiger charge is -2.31. The number of hydrogen-bond acceptors (Lipinski definition) is 3. The Bertz CT molecular complexity index is 654. The fourth-order valence-electron chi connectivity index (χ4n) is 3.56. The van der Waals surface area contributed by atoms with E-state index in [1.807, 2.05) is 17.0 Å². The van der Waals surface area contributed by atoms with Gasteiger partial charge >= 0.3 is 0 Å². The molecule has 24 heavy (non-hydrogen) atoms. The van der Waals surface area contributed by atoms with Crippen LogP contribution in [0.15, 0.2) is 24.3 Å². The van der Waals surface area contributed by atoms with Gasteiger partial charge in [0, 0.05) is 25.1 Å². The lowest BCUT2D eigenvalue weighted by molar-refractivity contribution is -0.128. The van der Waals surface area contributed by atoms with Gasteiger partial charge in [0.05, 0.1) is 6.07 Å². The van der Waals surface area contributed by atoms with Gasteiger partial charge in [0.2, 0.25) is 5.91 Å². The number of nitrogens with zero attached hydrogens (tertiary/aromatic N) is 2. The summed E-state index contributed by atoms with van der Waals surface area (Å²) in [4.78, 5) is 26.0. The summed E-state index contributed by atoms with van der Waals surface area (Å²) in [5.74, 6) is 0.00679. The number of carbonyl (C=O) groups excluding carboxylic acids is 2. The number of amides is 2. The van der Waals surface area contributed by atoms with Crippen LogP contribution in [0.4, 0.5) is 0 Å². The first-order chi connectivity index (χ1) is 11.6. The lowest BCUT2D eigenvalue weighted by atomic mass is 9.82. The van der Waals surface area contributed by atoms with Gasteiger partial charge in [-0.05, 0) is 37.0 Å². The number of hydrogen-bond donors (Lipinski definition) is 1. The molecule has 0 bridgehead atoms. The molecule has 126 valence electrons. The van der Waals surface area contributed by atoms with Crippen molar-refractivity contribution < 1.29 is 9.59 Å². The largest absolute Gasteiger partial charge is 0.338 e. The number of nitriles is 1. The van der Waals surface area contributed by atoms with E-state index in [0.29, 0.717) is 18.5 Å². The maximum absolute atomic E-state index is 12.5. The number of rotatable bonds is 4. The molecule has 2 amide bonds. The molecule has 0 radical (unpaired) electrons. The maximum Gasteiger partial charge on any atom is 0.252 e. The Morgan fingerprint density at radius 3 is 2.46 bits per heavy atom. The molecule has 1 aromatic carbocycles. The molecule has 1 saturated heterocycles. The SMILES string of the molecule is N#CC1(NC(=O)c2ccc(CN3CCCC3=O)cc2)CCCCC1. The number of likely N-dealkylation sites (tertiary alicyclic amines) is 1. The van der Waals surface area contributed by atoms with E-state index in [1.165, 1.54) is 0 Å². The predicted molar refractivity (Wildman–Crippen MR) is 90.0 cm³/mol. The second-order valence-electron chi connectivity index (χ2n) is 6.82. The normalized spacial score (nSPS) is 19.8. The third-order valence-electron chi connectivity index (χ3n) is 5.03. The van der Waals surface area contributed by atoms with Crippen LogP contribution in [-0.2, 0) is 11.3 Å². The van der Waals surface area contributed by atoms with E-state index in [4.69, 9.17) is 0 Å². The summed E-state index contributed by atoms with van der Waals surface area (Å²) in [7, 11) is 0. The van der Waals surface area contributed by atoms with Crippen LogP contribution < -0.4 is 5.32 Å². The van der Waals surface area contributed by atoms with Gasteiger partial charge in [-0.15, -0.1) is 0 Å². The summed E-state index contributed by atoms with van der Waals surface area (Å²) in [6, 6.07) is 9.64. The van der Waals surface area contributed by atoms with Gasteiger partial charge in [-0.25, -0.2) is 0 Å². The maximum atomic E-state index is 12.5. The van der Waals surface area contributed by atoms with Gasteiger partial charge in [0.15, 0.2) is 0 Å². The summed E-state index contributed by atoms with van der Waals surface area (Å²) in [6.45, 7) is 1.41. The highest BCUT2D eigenvalue weighted by atomic mass is 16.2. The summed E-state index contributed by atoms with van der Waals surface area (Å²) < 4.78 is 0. The molecule has 0 spiro atoms. The van der Waals surface area contributed by atoms with E-state index >= 15 is 0 Å². The molecule has 0 unspecified atom stereocenters. The van der Waals surface area contributed by atoms with Crippen molar-refractivity contribution in [2.24, 2.45) is 0 Å². The first-order valence-corrected chi connectivity index (χ1v) is 8.72. The molecular weight excluding hydrogens is 302 g/mol. The van der Waals surface area contributed by atoms with Crippen LogP contribution >= 0.6 is 0 Å². The zero-order valence-electron chi connectivity index (χ0n) is 13.9. The average molecular weight is 325 g/mol. The molecule has 1 saturated carbocycles. The first kappa shape index (κ1) is 16.5. The molecule has 2 fully saturated rings. The van der Waals surface area contributed by atoms with Gasteiger partial charge in [-0.3, -0.25) is 9.59 Å². The first-order valence-electron chi connectivity index (χ1n) is 8.72. The zero-order valence-corrected chi connectivity index (χ0v) is 13.9. The Labute approximate surface area is 142 Å². The Hall–Kier alpha value is -2.35. The molecule has 1 aliphatic carbocycles. The van der Waals surface area contributed by atoms with Crippen molar-refractivity contribution in [1.29, 1.82) is 5.26 Å². The molecule has 0 aromatic heterocycles. The third kappa shape index (κ3) is 3.59. The van der Waals surface area contributed by atoms with E-state index in [0.717, 1.165) is 50.6 Å². The molecule has 1 aliphatic heterocycles. The molecule has 5 heteroatoms.